The highest BCUT2D eigenvalue weighted by molar-refractivity contribution is 5.82. The minimum absolute atomic E-state index is 0.141. The Bertz CT molecular complexity index is 236. The first-order chi connectivity index (χ1) is 7.36. The van der Waals surface area contributed by atoms with Gasteiger partial charge >= 0.3 is 0 Å². The summed E-state index contributed by atoms with van der Waals surface area (Å²) in [5.41, 5.74) is 5.88. The molecule has 0 spiro atoms. The summed E-state index contributed by atoms with van der Waals surface area (Å²) in [6, 6.07) is 0.141. The van der Waals surface area contributed by atoms with E-state index in [0.717, 1.165) is 32.6 Å². The average molecular weight is 226 g/mol. The lowest BCUT2D eigenvalue weighted by Crippen LogP contribution is -2.57. The molecule has 4 heteroatoms. The summed E-state index contributed by atoms with van der Waals surface area (Å²) < 4.78 is 0. The maximum Gasteiger partial charge on any atom is 0.108 e. The molecule has 1 aliphatic heterocycles. The summed E-state index contributed by atoms with van der Waals surface area (Å²) in [6.45, 7) is 13.1. The summed E-state index contributed by atoms with van der Waals surface area (Å²) in [4.78, 5) is 4.83. The zero-order valence-corrected chi connectivity index (χ0v) is 11.1. The van der Waals surface area contributed by atoms with Crippen molar-refractivity contribution in [1.82, 2.24) is 9.80 Å². The molecule has 0 saturated carbocycles. The van der Waals surface area contributed by atoms with E-state index in [-0.39, 0.29) is 11.6 Å². The van der Waals surface area contributed by atoms with Gasteiger partial charge in [-0.25, -0.2) is 0 Å². The van der Waals surface area contributed by atoms with Crippen LogP contribution < -0.4 is 5.73 Å². The number of hydrogen-bond donors (Lipinski definition) is 2. The molecule has 1 rings (SSSR count). The van der Waals surface area contributed by atoms with E-state index in [2.05, 4.69) is 37.5 Å². The third-order valence-corrected chi connectivity index (χ3v) is 3.45. The quantitative estimate of drug-likeness (QED) is 0.560. The maximum absolute atomic E-state index is 7.58. The monoisotopic (exact) mass is 226 g/mol. The van der Waals surface area contributed by atoms with Gasteiger partial charge in [-0.3, -0.25) is 15.2 Å². The van der Waals surface area contributed by atoms with Crippen LogP contribution in [0.2, 0.25) is 0 Å². The average Bonchev–Trinajstić information content (AvgIpc) is 2.17. The van der Waals surface area contributed by atoms with Gasteiger partial charge in [0.15, 0.2) is 0 Å². The van der Waals surface area contributed by atoms with E-state index in [1.54, 1.807) is 0 Å². The summed E-state index contributed by atoms with van der Waals surface area (Å²) in [5, 5.41) is 7.58. The first kappa shape index (κ1) is 13.5. The van der Waals surface area contributed by atoms with Gasteiger partial charge in [0, 0.05) is 31.7 Å². The summed E-state index contributed by atoms with van der Waals surface area (Å²) in [6.07, 6.45) is 0.935. The van der Waals surface area contributed by atoms with Crippen LogP contribution in [0.3, 0.4) is 0 Å². The molecule has 0 amide bonds. The van der Waals surface area contributed by atoms with Crippen molar-refractivity contribution >= 4 is 5.84 Å². The van der Waals surface area contributed by atoms with Gasteiger partial charge in [0.2, 0.25) is 0 Å². The van der Waals surface area contributed by atoms with Crippen LogP contribution in [0.25, 0.3) is 0 Å². The molecule has 0 aromatic carbocycles. The molecule has 4 nitrogen and oxygen atoms in total. The number of hydrogen-bond acceptors (Lipinski definition) is 3. The fraction of sp³-hybridized carbons (Fsp3) is 0.917. The zero-order valence-electron chi connectivity index (χ0n) is 11.1. The molecular formula is C12H26N4. The molecule has 0 aromatic rings. The molecule has 0 aliphatic carbocycles. The predicted octanol–water partition coefficient (Wildman–Crippen LogP) is 1.12. The Morgan fingerprint density at radius 2 is 1.75 bits per heavy atom. The fourth-order valence-electron chi connectivity index (χ4n) is 2.38. The van der Waals surface area contributed by atoms with Gasteiger partial charge in [-0.05, 0) is 27.2 Å². The van der Waals surface area contributed by atoms with Gasteiger partial charge in [0.05, 0.1) is 6.04 Å². The Labute approximate surface area is 99.3 Å². The van der Waals surface area contributed by atoms with Crippen molar-refractivity contribution in [2.45, 2.75) is 45.7 Å². The second-order valence-electron chi connectivity index (χ2n) is 5.57. The Morgan fingerprint density at radius 1 is 1.25 bits per heavy atom. The highest BCUT2D eigenvalue weighted by atomic mass is 15.3. The molecule has 16 heavy (non-hydrogen) atoms. The molecule has 1 heterocycles. The van der Waals surface area contributed by atoms with E-state index in [1.807, 2.05) is 0 Å². The second-order valence-corrected chi connectivity index (χ2v) is 5.57. The van der Waals surface area contributed by atoms with Gasteiger partial charge < -0.3 is 5.73 Å². The maximum atomic E-state index is 7.58. The van der Waals surface area contributed by atoms with Crippen LogP contribution in [0.1, 0.15) is 34.1 Å². The molecule has 0 radical (unpaired) electrons. The summed E-state index contributed by atoms with van der Waals surface area (Å²) in [7, 11) is 0. The van der Waals surface area contributed by atoms with Crippen LogP contribution in [0, 0.1) is 5.41 Å². The fourth-order valence-corrected chi connectivity index (χ4v) is 2.38. The topological polar surface area (TPSA) is 56.4 Å². The van der Waals surface area contributed by atoms with Crippen molar-refractivity contribution in [2.75, 3.05) is 26.2 Å². The Kier molecular flexibility index (Phi) is 4.33. The minimum atomic E-state index is 0.141. The highest BCUT2D eigenvalue weighted by Crippen LogP contribution is 2.17. The van der Waals surface area contributed by atoms with Crippen molar-refractivity contribution in [3.05, 3.63) is 0 Å². The van der Waals surface area contributed by atoms with E-state index < -0.39 is 0 Å². The first-order valence-electron chi connectivity index (χ1n) is 6.19. The highest BCUT2D eigenvalue weighted by Gasteiger charge is 2.29. The molecule has 1 fully saturated rings. The van der Waals surface area contributed by atoms with Gasteiger partial charge in [-0.1, -0.05) is 6.92 Å². The lowest BCUT2D eigenvalue weighted by molar-refractivity contribution is 0.0532. The largest absolute Gasteiger partial charge is 0.386 e. The molecular weight excluding hydrogens is 200 g/mol. The van der Waals surface area contributed by atoms with Crippen molar-refractivity contribution in [3.63, 3.8) is 0 Å². The third kappa shape index (κ3) is 3.19. The molecule has 0 bridgehead atoms. The molecule has 94 valence electrons. The van der Waals surface area contributed by atoms with E-state index in [0.29, 0.717) is 5.84 Å². The van der Waals surface area contributed by atoms with Crippen LogP contribution in [0.4, 0.5) is 0 Å². The summed E-state index contributed by atoms with van der Waals surface area (Å²) in [5.74, 6) is 0.312. The van der Waals surface area contributed by atoms with Crippen molar-refractivity contribution in [3.8, 4) is 0 Å². The van der Waals surface area contributed by atoms with Gasteiger partial charge in [-0.2, -0.15) is 0 Å². The SMILES string of the molecule is CCC(C(=N)N)N1CCN(C(C)(C)C)CC1. The van der Waals surface area contributed by atoms with Crippen molar-refractivity contribution in [2.24, 2.45) is 5.73 Å². The van der Waals surface area contributed by atoms with E-state index in [1.165, 1.54) is 0 Å². The van der Waals surface area contributed by atoms with Crippen LogP contribution in [0.5, 0.6) is 0 Å². The third-order valence-electron chi connectivity index (χ3n) is 3.45. The Balaban J connectivity index is 2.51. The Hall–Kier alpha value is -0.610. The second kappa shape index (κ2) is 5.15. The Morgan fingerprint density at radius 3 is 2.06 bits per heavy atom. The normalized spacial score (nSPS) is 22.0. The number of nitrogens with one attached hydrogen (secondary N) is 1. The van der Waals surface area contributed by atoms with Gasteiger partial charge in [0.25, 0.3) is 0 Å². The van der Waals surface area contributed by atoms with Gasteiger partial charge in [-0.15, -0.1) is 0 Å². The van der Waals surface area contributed by atoms with E-state index >= 15 is 0 Å². The summed E-state index contributed by atoms with van der Waals surface area (Å²) >= 11 is 0. The number of piperazine rings is 1. The smallest absolute Gasteiger partial charge is 0.108 e. The molecule has 1 unspecified atom stereocenters. The molecule has 0 aromatic heterocycles. The number of nitrogens with zero attached hydrogens (tertiary/aromatic N) is 2. The molecule has 1 atom stereocenters. The first-order valence-corrected chi connectivity index (χ1v) is 6.19. The standard InChI is InChI=1S/C12H26N4/c1-5-10(11(13)14)15-6-8-16(9-7-15)12(2,3)4/h10H,5-9H2,1-4H3,(H3,13,14). The van der Waals surface area contributed by atoms with E-state index in [4.69, 9.17) is 11.1 Å². The number of nitrogens with two attached hydrogens (primary N) is 1. The van der Waals surface area contributed by atoms with Crippen LogP contribution >= 0.6 is 0 Å². The van der Waals surface area contributed by atoms with Gasteiger partial charge in [0.1, 0.15) is 5.84 Å². The van der Waals surface area contributed by atoms with Crippen molar-refractivity contribution in [1.29, 1.82) is 5.41 Å². The lowest BCUT2D eigenvalue weighted by atomic mass is 10.0. The number of rotatable bonds is 3. The predicted molar refractivity (Wildman–Crippen MR) is 68.9 cm³/mol. The van der Waals surface area contributed by atoms with Crippen LogP contribution in [-0.4, -0.2) is 53.4 Å². The molecule has 1 aliphatic rings. The zero-order chi connectivity index (χ0) is 12.3. The molecule has 1 saturated heterocycles. The minimum Gasteiger partial charge on any atom is -0.386 e. The van der Waals surface area contributed by atoms with E-state index in [9.17, 15) is 0 Å². The van der Waals surface area contributed by atoms with Crippen LogP contribution in [-0.2, 0) is 0 Å². The van der Waals surface area contributed by atoms with Crippen molar-refractivity contribution < 1.29 is 0 Å². The lowest BCUT2D eigenvalue weighted by Gasteiger charge is -2.44. The number of amidine groups is 1. The van der Waals surface area contributed by atoms with Crippen LogP contribution in [0.15, 0.2) is 0 Å². The molecule has 3 N–H and O–H groups in total.